The van der Waals surface area contributed by atoms with Crippen LogP contribution in [0, 0.1) is 0 Å². The van der Waals surface area contributed by atoms with Gasteiger partial charge in [0.2, 0.25) is 0 Å². The molecular weight excluding hydrogens is 112 g/mol. The van der Waals surface area contributed by atoms with E-state index in [9.17, 15) is 0 Å². The number of hydroxylamine groups is 2. The minimum Gasteiger partial charge on any atom is -0.266 e. The van der Waals surface area contributed by atoms with Crippen molar-refractivity contribution in [2.24, 2.45) is 10.2 Å². The maximum Gasteiger partial charge on any atom is 0.165 e. The van der Waals surface area contributed by atoms with Crippen LogP contribution in [0.5, 0.6) is 0 Å². The largest absolute Gasteiger partial charge is 0.266 e. The SMILES string of the molecule is ON1C=NN(O)C=N1. The molecule has 0 aliphatic carbocycles. The Morgan fingerprint density at radius 2 is 1.38 bits per heavy atom. The molecule has 0 bridgehead atoms. The van der Waals surface area contributed by atoms with Crippen molar-refractivity contribution < 1.29 is 10.4 Å². The van der Waals surface area contributed by atoms with Gasteiger partial charge in [0.1, 0.15) is 0 Å². The molecule has 2 N–H and O–H groups in total. The van der Waals surface area contributed by atoms with E-state index in [1.54, 1.807) is 0 Å². The van der Waals surface area contributed by atoms with E-state index < -0.39 is 0 Å². The van der Waals surface area contributed by atoms with Crippen molar-refractivity contribution in [2.75, 3.05) is 0 Å². The van der Waals surface area contributed by atoms with Crippen LogP contribution in [0.15, 0.2) is 10.2 Å². The van der Waals surface area contributed by atoms with Crippen molar-refractivity contribution in [1.29, 1.82) is 0 Å². The lowest BCUT2D eigenvalue weighted by Gasteiger charge is -2.10. The summed E-state index contributed by atoms with van der Waals surface area (Å²) in [4.78, 5) is 0. The Kier molecular flexibility index (Phi) is 1.10. The van der Waals surface area contributed by atoms with Crippen LogP contribution in [0.3, 0.4) is 0 Å². The normalized spacial score (nSPS) is 17.8. The molecule has 0 amide bonds. The maximum atomic E-state index is 8.38. The van der Waals surface area contributed by atoms with Gasteiger partial charge in [0.15, 0.2) is 12.7 Å². The van der Waals surface area contributed by atoms with Crippen molar-refractivity contribution in [3.63, 3.8) is 0 Å². The van der Waals surface area contributed by atoms with Crippen LogP contribution in [-0.4, -0.2) is 33.4 Å². The van der Waals surface area contributed by atoms with Gasteiger partial charge in [0.25, 0.3) is 0 Å². The van der Waals surface area contributed by atoms with Gasteiger partial charge >= 0.3 is 0 Å². The van der Waals surface area contributed by atoms with E-state index in [2.05, 4.69) is 10.2 Å². The Morgan fingerprint density at radius 3 is 1.62 bits per heavy atom. The van der Waals surface area contributed by atoms with Crippen LogP contribution in [0.4, 0.5) is 0 Å². The van der Waals surface area contributed by atoms with Crippen molar-refractivity contribution in [3.8, 4) is 0 Å². The van der Waals surface area contributed by atoms with Gasteiger partial charge in [-0.25, -0.2) is 0 Å². The number of nitrogens with zero attached hydrogens (tertiary/aromatic N) is 4. The Bertz CT molecular complexity index is 104. The smallest absolute Gasteiger partial charge is 0.165 e. The molecule has 0 saturated carbocycles. The molecule has 44 valence electrons. The van der Waals surface area contributed by atoms with Gasteiger partial charge in [0, 0.05) is 0 Å². The summed E-state index contributed by atoms with van der Waals surface area (Å²) in [6.07, 6.45) is 1.89. The van der Waals surface area contributed by atoms with E-state index in [0.29, 0.717) is 10.3 Å². The molecule has 0 spiro atoms. The van der Waals surface area contributed by atoms with E-state index in [4.69, 9.17) is 10.4 Å². The van der Waals surface area contributed by atoms with Crippen molar-refractivity contribution in [2.45, 2.75) is 0 Å². The van der Waals surface area contributed by atoms with E-state index >= 15 is 0 Å². The lowest BCUT2D eigenvalue weighted by molar-refractivity contribution is -0.0492. The molecule has 1 aliphatic rings. The average Bonchev–Trinajstić information content (AvgIpc) is 1.77. The zero-order valence-electron chi connectivity index (χ0n) is 3.84. The standard InChI is InChI=1S/C2H4N4O2/c7-5-1-3-6(8)2-4-5/h1-2,7-8H. The molecule has 0 aromatic carbocycles. The molecule has 1 rings (SSSR count). The summed E-state index contributed by atoms with van der Waals surface area (Å²) >= 11 is 0. The van der Waals surface area contributed by atoms with Gasteiger partial charge in [-0.05, 0) is 0 Å². The second kappa shape index (κ2) is 1.76. The number of hydrogen-bond donors (Lipinski definition) is 2. The first kappa shape index (κ1) is 5.01. The summed E-state index contributed by atoms with van der Waals surface area (Å²) in [5.41, 5.74) is 0. The van der Waals surface area contributed by atoms with Crippen LogP contribution >= 0.6 is 0 Å². The highest BCUT2D eigenvalue weighted by atomic mass is 16.6. The Morgan fingerprint density at radius 1 is 1.00 bits per heavy atom. The van der Waals surface area contributed by atoms with Crippen LogP contribution in [0.2, 0.25) is 0 Å². The minimum atomic E-state index is 0.479. The lowest BCUT2D eigenvalue weighted by Crippen LogP contribution is -2.22. The summed E-state index contributed by atoms with van der Waals surface area (Å²) in [5, 5.41) is 24.1. The lowest BCUT2D eigenvalue weighted by atomic mass is 11.2. The molecule has 0 aromatic rings. The monoisotopic (exact) mass is 116 g/mol. The van der Waals surface area contributed by atoms with Gasteiger partial charge in [-0.2, -0.15) is 0 Å². The summed E-state index contributed by atoms with van der Waals surface area (Å²) in [6.45, 7) is 0. The fraction of sp³-hybridized carbons (Fsp3) is 0. The van der Waals surface area contributed by atoms with Gasteiger partial charge in [-0.1, -0.05) is 0 Å². The highest BCUT2D eigenvalue weighted by Gasteiger charge is 1.96. The average molecular weight is 116 g/mol. The first-order chi connectivity index (χ1) is 3.79. The minimum absolute atomic E-state index is 0.479. The zero-order valence-corrected chi connectivity index (χ0v) is 3.84. The molecule has 0 aromatic heterocycles. The number of hydrogen-bond acceptors (Lipinski definition) is 6. The zero-order chi connectivity index (χ0) is 5.98. The molecule has 0 fully saturated rings. The predicted molar refractivity (Wildman–Crippen MR) is 24.2 cm³/mol. The van der Waals surface area contributed by atoms with Crippen molar-refractivity contribution in [1.82, 2.24) is 10.3 Å². The van der Waals surface area contributed by atoms with Gasteiger partial charge in [-0.15, -0.1) is 20.5 Å². The van der Waals surface area contributed by atoms with Crippen LogP contribution < -0.4 is 0 Å². The highest BCUT2D eigenvalue weighted by molar-refractivity contribution is 5.62. The quantitative estimate of drug-likeness (QED) is 0.437. The summed E-state index contributed by atoms with van der Waals surface area (Å²) in [5.74, 6) is 0. The number of hydrazone groups is 2. The van der Waals surface area contributed by atoms with Crippen LogP contribution in [0.1, 0.15) is 0 Å². The molecule has 0 unspecified atom stereocenters. The predicted octanol–water partition coefficient (Wildman–Crippen LogP) is -0.731. The molecule has 1 heterocycles. The topological polar surface area (TPSA) is 71.7 Å². The molecule has 6 heteroatoms. The third-order valence-corrected chi connectivity index (χ3v) is 0.546. The Balaban J connectivity index is 2.54. The molecule has 6 nitrogen and oxygen atoms in total. The van der Waals surface area contributed by atoms with E-state index in [1.165, 1.54) is 0 Å². The fourth-order valence-electron chi connectivity index (χ4n) is 0.258. The van der Waals surface area contributed by atoms with E-state index in [0.717, 1.165) is 12.7 Å². The second-order valence-corrected chi connectivity index (χ2v) is 1.10. The highest BCUT2D eigenvalue weighted by Crippen LogP contribution is 1.86. The summed E-state index contributed by atoms with van der Waals surface area (Å²) in [7, 11) is 0. The first-order valence-corrected chi connectivity index (χ1v) is 1.83. The molecule has 1 aliphatic heterocycles. The third kappa shape index (κ3) is 0.922. The van der Waals surface area contributed by atoms with Crippen LogP contribution in [0.25, 0.3) is 0 Å². The first-order valence-electron chi connectivity index (χ1n) is 1.83. The van der Waals surface area contributed by atoms with Gasteiger partial charge in [0.05, 0.1) is 0 Å². The molecule has 0 radical (unpaired) electrons. The van der Waals surface area contributed by atoms with Crippen LogP contribution in [-0.2, 0) is 0 Å². The van der Waals surface area contributed by atoms with Gasteiger partial charge in [-0.3, -0.25) is 10.4 Å². The maximum absolute atomic E-state index is 8.38. The van der Waals surface area contributed by atoms with Gasteiger partial charge < -0.3 is 0 Å². The second-order valence-electron chi connectivity index (χ2n) is 1.10. The van der Waals surface area contributed by atoms with E-state index in [-0.39, 0.29) is 0 Å². The summed E-state index contributed by atoms with van der Waals surface area (Å²) in [6, 6.07) is 0. The van der Waals surface area contributed by atoms with Crippen molar-refractivity contribution >= 4 is 12.7 Å². The number of rotatable bonds is 0. The molecule has 0 atom stereocenters. The van der Waals surface area contributed by atoms with E-state index in [1.807, 2.05) is 0 Å². The molecule has 0 saturated heterocycles. The molecule has 8 heavy (non-hydrogen) atoms. The summed E-state index contributed by atoms with van der Waals surface area (Å²) < 4.78 is 0. The Hall–Kier alpha value is -1.14. The third-order valence-electron chi connectivity index (χ3n) is 0.546. The van der Waals surface area contributed by atoms with Crippen molar-refractivity contribution in [3.05, 3.63) is 0 Å². The Labute approximate surface area is 44.8 Å². The molecular formula is C2H4N4O2. The fourth-order valence-corrected chi connectivity index (χ4v) is 0.258.